The van der Waals surface area contributed by atoms with Gasteiger partial charge in [-0.1, -0.05) is 23.4 Å². The largest absolute Gasteiger partial charge is 0.442 e. The Hall–Kier alpha value is -2.80. The molecular weight excluding hydrogens is 320 g/mol. The number of carbonyl (C=O) groups is 1. The molecule has 7 nitrogen and oxygen atoms in total. The number of aromatic nitrogens is 1. The first-order valence-electron chi connectivity index (χ1n) is 8.42. The highest BCUT2D eigenvalue weighted by Crippen LogP contribution is 2.26. The van der Waals surface area contributed by atoms with Gasteiger partial charge in [-0.3, -0.25) is 4.90 Å². The van der Waals surface area contributed by atoms with Crippen molar-refractivity contribution in [3.63, 3.8) is 0 Å². The molecule has 1 atom stereocenters. The van der Waals surface area contributed by atoms with Crippen molar-refractivity contribution < 1.29 is 14.1 Å². The summed E-state index contributed by atoms with van der Waals surface area (Å²) in [5.74, 6) is 0.633. The molecular formula is C18H20N4O3. The molecule has 0 radical (unpaired) electrons. The summed E-state index contributed by atoms with van der Waals surface area (Å²) in [6, 6.07) is 9.82. The van der Waals surface area contributed by atoms with E-state index in [9.17, 15) is 4.79 Å². The fraction of sp³-hybridized carbons (Fsp3) is 0.333. The van der Waals surface area contributed by atoms with Crippen molar-refractivity contribution in [1.29, 1.82) is 0 Å². The highest BCUT2D eigenvalue weighted by molar-refractivity contribution is 5.90. The Bertz CT molecular complexity index is 755. The SMILES string of the molecule is O=C1O[C@@H](CNc2ccon2)CN1c1ccc(C2=CCNCC2)cc1. The molecule has 0 bridgehead atoms. The van der Waals surface area contributed by atoms with Gasteiger partial charge in [0.25, 0.3) is 0 Å². The van der Waals surface area contributed by atoms with Crippen LogP contribution in [0.5, 0.6) is 0 Å². The third-order valence-electron chi connectivity index (χ3n) is 4.44. The van der Waals surface area contributed by atoms with Gasteiger partial charge in [0, 0.05) is 18.3 Å². The maximum absolute atomic E-state index is 12.2. The van der Waals surface area contributed by atoms with Crippen LogP contribution in [0.25, 0.3) is 5.57 Å². The number of carbonyl (C=O) groups excluding carboxylic acids is 1. The van der Waals surface area contributed by atoms with Gasteiger partial charge < -0.3 is 19.9 Å². The molecule has 7 heteroatoms. The molecule has 2 aliphatic heterocycles. The standard InChI is InChI=1S/C18H20N4O3/c23-18-22(12-16(25-18)11-20-17-7-10-24-21-17)15-3-1-13(2-4-15)14-5-8-19-9-6-14/h1-5,7,10,16,19H,6,8-9,11-12H2,(H,20,21)/t16-/m0/s1. The number of hydrogen-bond acceptors (Lipinski definition) is 6. The summed E-state index contributed by atoms with van der Waals surface area (Å²) in [5, 5.41) is 10.2. The first-order chi connectivity index (χ1) is 12.3. The first kappa shape index (κ1) is 15.7. The maximum atomic E-state index is 12.2. The average Bonchev–Trinajstić information content (AvgIpc) is 3.30. The lowest BCUT2D eigenvalue weighted by Gasteiger charge is -2.16. The zero-order chi connectivity index (χ0) is 17.1. The summed E-state index contributed by atoms with van der Waals surface area (Å²) in [4.78, 5) is 13.8. The van der Waals surface area contributed by atoms with Crippen LogP contribution in [0.1, 0.15) is 12.0 Å². The Labute approximate surface area is 145 Å². The number of anilines is 2. The third kappa shape index (κ3) is 3.51. The van der Waals surface area contributed by atoms with Gasteiger partial charge in [-0.05, 0) is 36.2 Å². The predicted molar refractivity (Wildman–Crippen MR) is 94.5 cm³/mol. The minimum Gasteiger partial charge on any atom is -0.442 e. The summed E-state index contributed by atoms with van der Waals surface area (Å²) >= 11 is 0. The van der Waals surface area contributed by atoms with Crippen molar-refractivity contribution in [3.8, 4) is 0 Å². The van der Waals surface area contributed by atoms with Crippen LogP contribution in [0.3, 0.4) is 0 Å². The molecule has 0 unspecified atom stereocenters. The zero-order valence-electron chi connectivity index (χ0n) is 13.8. The normalized spacial score (nSPS) is 20.3. The lowest BCUT2D eigenvalue weighted by atomic mass is 10.00. The first-order valence-corrected chi connectivity index (χ1v) is 8.42. The fourth-order valence-corrected chi connectivity index (χ4v) is 3.10. The molecule has 2 aliphatic rings. The van der Waals surface area contributed by atoms with Crippen LogP contribution in [0.2, 0.25) is 0 Å². The summed E-state index contributed by atoms with van der Waals surface area (Å²) in [6.07, 6.45) is 4.20. The predicted octanol–water partition coefficient (Wildman–Crippen LogP) is 2.49. The van der Waals surface area contributed by atoms with E-state index in [0.29, 0.717) is 18.9 Å². The van der Waals surface area contributed by atoms with Crippen LogP contribution >= 0.6 is 0 Å². The van der Waals surface area contributed by atoms with Crippen molar-refractivity contribution in [2.45, 2.75) is 12.5 Å². The second-order valence-corrected chi connectivity index (χ2v) is 6.11. The molecule has 1 amide bonds. The maximum Gasteiger partial charge on any atom is 0.414 e. The highest BCUT2D eigenvalue weighted by Gasteiger charge is 2.32. The number of rotatable bonds is 5. The number of amides is 1. The number of ether oxygens (including phenoxy) is 1. The second-order valence-electron chi connectivity index (χ2n) is 6.11. The number of hydrogen-bond donors (Lipinski definition) is 2. The van der Waals surface area contributed by atoms with Gasteiger partial charge in [-0.25, -0.2) is 4.79 Å². The number of cyclic esters (lactones) is 1. The molecule has 1 fully saturated rings. The Kier molecular flexibility index (Phi) is 4.39. The fourth-order valence-electron chi connectivity index (χ4n) is 3.10. The van der Waals surface area contributed by atoms with Gasteiger partial charge in [0.1, 0.15) is 12.4 Å². The van der Waals surface area contributed by atoms with Crippen LogP contribution in [-0.2, 0) is 4.74 Å². The second kappa shape index (κ2) is 6.98. The van der Waals surface area contributed by atoms with E-state index < -0.39 is 0 Å². The zero-order valence-corrected chi connectivity index (χ0v) is 13.8. The van der Waals surface area contributed by atoms with Gasteiger partial charge in [-0.2, -0.15) is 0 Å². The van der Waals surface area contributed by atoms with E-state index in [0.717, 1.165) is 25.2 Å². The Morgan fingerprint density at radius 1 is 1.28 bits per heavy atom. The lowest BCUT2D eigenvalue weighted by Crippen LogP contribution is -2.27. The molecule has 130 valence electrons. The van der Waals surface area contributed by atoms with E-state index >= 15 is 0 Å². The molecule has 2 N–H and O–H groups in total. The minimum atomic E-state index is -0.319. The number of nitrogens with one attached hydrogen (secondary N) is 2. The Morgan fingerprint density at radius 2 is 2.16 bits per heavy atom. The van der Waals surface area contributed by atoms with Crippen molar-refractivity contribution in [1.82, 2.24) is 10.5 Å². The lowest BCUT2D eigenvalue weighted by molar-refractivity contribution is 0.147. The summed E-state index contributed by atoms with van der Waals surface area (Å²) in [6.45, 7) is 2.92. The van der Waals surface area contributed by atoms with Gasteiger partial charge in [0.05, 0.1) is 13.1 Å². The van der Waals surface area contributed by atoms with E-state index in [1.807, 2.05) is 12.1 Å². The molecule has 1 aromatic heterocycles. The van der Waals surface area contributed by atoms with Crippen LogP contribution in [-0.4, -0.2) is 43.5 Å². The molecule has 1 aromatic carbocycles. The van der Waals surface area contributed by atoms with Gasteiger partial charge in [0.2, 0.25) is 0 Å². The summed E-state index contributed by atoms with van der Waals surface area (Å²) in [5.41, 5.74) is 3.42. The van der Waals surface area contributed by atoms with E-state index in [1.165, 1.54) is 17.4 Å². The molecule has 1 saturated heterocycles. The molecule has 0 aliphatic carbocycles. The van der Waals surface area contributed by atoms with E-state index in [2.05, 4.69) is 34.0 Å². The molecule has 2 aromatic rings. The van der Waals surface area contributed by atoms with Crippen LogP contribution < -0.4 is 15.5 Å². The van der Waals surface area contributed by atoms with Crippen molar-refractivity contribution >= 4 is 23.2 Å². The number of nitrogens with zero attached hydrogens (tertiary/aromatic N) is 2. The van der Waals surface area contributed by atoms with Crippen LogP contribution in [0, 0.1) is 0 Å². The number of benzene rings is 1. The topological polar surface area (TPSA) is 79.6 Å². The quantitative estimate of drug-likeness (QED) is 0.870. The molecule has 4 rings (SSSR count). The molecule has 3 heterocycles. The van der Waals surface area contributed by atoms with Gasteiger partial charge in [0.15, 0.2) is 5.82 Å². The summed E-state index contributed by atoms with van der Waals surface area (Å²) in [7, 11) is 0. The minimum absolute atomic E-state index is 0.226. The third-order valence-corrected chi connectivity index (χ3v) is 4.44. The van der Waals surface area contributed by atoms with Crippen LogP contribution in [0.4, 0.5) is 16.3 Å². The average molecular weight is 340 g/mol. The van der Waals surface area contributed by atoms with Crippen molar-refractivity contribution in [3.05, 3.63) is 48.2 Å². The highest BCUT2D eigenvalue weighted by atomic mass is 16.6. The Morgan fingerprint density at radius 3 is 2.88 bits per heavy atom. The smallest absolute Gasteiger partial charge is 0.414 e. The van der Waals surface area contributed by atoms with Gasteiger partial charge >= 0.3 is 6.09 Å². The molecule has 25 heavy (non-hydrogen) atoms. The van der Waals surface area contributed by atoms with E-state index in [-0.39, 0.29) is 12.2 Å². The van der Waals surface area contributed by atoms with Gasteiger partial charge in [-0.15, -0.1) is 0 Å². The molecule has 0 spiro atoms. The van der Waals surface area contributed by atoms with Crippen LogP contribution in [0.15, 0.2) is 47.2 Å². The van der Waals surface area contributed by atoms with E-state index in [4.69, 9.17) is 9.26 Å². The monoisotopic (exact) mass is 340 g/mol. The summed E-state index contributed by atoms with van der Waals surface area (Å²) < 4.78 is 10.2. The van der Waals surface area contributed by atoms with Crippen molar-refractivity contribution in [2.75, 3.05) is 36.4 Å². The molecule has 0 saturated carbocycles. The van der Waals surface area contributed by atoms with E-state index in [1.54, 1.807) is 11.0 Å². The van der Waals surface area contributed by atoms with Crippen molar-refractivity contribution in [2.24, 2.45) is 0 Å². The Balaban J connectivity index is 1.39.